The van der Waals surface area contributed by atoms with E-state index in [0.29, 0.717) is 17.8 Å². The Morgan fingerprint density at radius 1 is 1.11 bits per heavy atom. The Morgan fingerprint density at radius 2 is 1.63 bits per heavy atom. The highest BCUT2D eigenvalue weighted by Gasteiger charge is 2.37. The summed E-state index contributed by atoms with van der Waals surface area (Å²) in [6.07, 6.45) is 4.69. The average Bonchev–Trinajstić information content (AvgIpc) is 2.31. The van der Waals surface area contributed by atoms with Crippen LogP contribution < -0.4 is 0 Å². The first-order valence-electron chi connectivity index (χ1n) is 7.29. The number of phenols is 1. The van der Waals surface area contributed by atoms with Gasteiger partial charge in [-0.3, -0.25) is 0 Å². The molecule has 1 aromatic carbocycles. The van der Waals surface area contributed by atoms with Crippen LogP contribution in [0.5, 0.6) is 5.75 Å². The summed E-state index contributed by atoms with van der Waals surface area (Å²) in [7, 11) is 0. The van der Waals surface area contributed by atoms with Crippen molar-refractivity contribution in [2.45, 2.75) is 58.5 Å². The van der Waals surface area contributed by atoms with E-state index in [2.05, 4.69) is 20.8 Å². The maximum atomic E-state index is 10.7. The number of aromatic hydroxyl groups is 1. The van der Waals surface area contributed by atoms with E-state index in [1.54, 1.807) is 12.1 Å². The van der Waals surface area contributed by atoms with E-state index in [0.717, 1.165) is 31.2 Å². The van der Waals surface area contributed by atoms with E-state index >= 15 is 0 Å². The van der Waals surface area contributed by atoms with Crippen LogP contribution in [0.4, 0.5) is 0 Å². The fourth-order valence-corrected chi connectivity index (χ4v) is 3.19. The van der Waals surface area contributed by atoms with Gasteiger partial charge in [-0.2, -0.15) is 0 Å². The SMILES string of the molecule is CC(C)(C)C1CCC(O)(Cc2ccc(O)cc2)CC1. The van der Waals surface area contributed by atoms with Crippen molar-refractivity contribution >= 4 is 0 Å². The summed E-state index contributed by atoms with van der Waals surface area (Å²) in [5.41, 5.74) is 0.896. The minimum absolute atomic E-state index is 0.284. The third kappa shape index (κ3) is 3.73. The summed E-state index contributed by atoms with van der Waals surface area (Å²) in [5, 5.41) is 20.0. The predicted molar refractivity (Wildman–Crippen MR) is 78.2 cm³/mol. The van der Waals surface area contributed by atoms with Crippen molar-refractivity contribution < 1.29 is 10.2 Å². The third-order valence-corrected chi connectivity index (χ3v) is 4.61. The van der Waals surface area contributed by atoms with E-state index in [-0.39, 0.29) is 5.75 Å². The van der Waals surface area contributed by atoms with Crippen LogP contribution in [-0.2, 0) is 6.42 Å². The van der Waals surface area contributed by atoms with Crippen molar-refractivity contribution in [1.29, 1.82) is 0 Å². The molecule has 0 radical (unpaired) electrons. The Hall–Kier alpha value is -1.02. The Labute approximate surface area is 116 Å². The standard InChI is InChI=1S/C17H26O2/c1-16(2,3)14-8-10-17(19,11-9-14)12-13-4-6-15(18)7-5-13/h4-7,14,18-19H,8-12H2,1-3H3. The molecule has 2 heteroatoms. The molecule has 1 saturated carbocycles. The lowest BCUT2D eigenvalue weighted by Crippen LogP contribution is -2.39. The number of hydrogen-bond acceptors (Lipinski definition) is 2. The van der Waals surface area contributed by atoms with Crippen molar-refractivity contribution in [2.24, 2.45) is 11.3 Å². The van der Waals surface area contributed by atoms with Gasteiger partial charge in [0.1, 0.15) is 5.75 Å². The van der Waals surface area contributed by atoms with E-state index in [4.69, 9.17) is 0 Å². The van der Waals surface area contributed by atoms with Crippen LogP contribution in [0, 0.1) is 11.3 Å². The fraction of sp³-hybridized carbons (Fsp3) is 0.647. The lowest BCUT2D eigenvalue weighted by atomic mass is 9.67. The van der Waals surface area contributed by atoms with Crippen molar-refractivity contribution in [1.82, 2.24) is 0 Å². The zero-order chi connectivity index (χ0) is 14.1. The number of phenolic OH excluding ortho intramolecular Hbond substituents is 1. The number of benzene rings is 1. The maximum absolute atomic E-state index is 10.7. The van der Waals surface area contributed by atoms with Gasteiger partial charge in [-0.05, 0) is 54.7 Å². The van der Waals surface area contributed by atoms with Crippen LogP contribution in [0.1, 0.15) is 52.0 Å². The topological polar surface area (TPSA) is 40.5 Å². The molecule has 0 aliphatic heterocycles. The summed E-state index contributed by atoms with van der Waals surface area (Å²) in [5.74, 6) is 1.000. The van der Waals surface area contributed by atoms with Gasteiger partial charge in [0.25, 0.3) is 0 Å². The quantitative estimate of drug-likeness (QED) is 0.848. The first kappa shape index (κ1) is 14.4. The van der Waals surface area contributed by atoms with Gasteiger partial charge in [0, 0.05) is 6.42 Å². The minimum Gasteiger partial charge on any atom is -0.508 e. The lowest BCUT2D eigenvalue weighted by Gasteiger charge is -2.41. The first-order chi connectivity index (χ1) is 8.78. The predicted octanol–water partition coefficient (Wildman–Crippen LogP) is 3.90. The van der Waals surface area contributed by atoms with Crippen LogP contribution in [0.2, 0.25) is 0 Å². The summed E-state index contributed by atoms with van der Waals surface area (Å²) in [6, 6.07) is 7.20. The Balaban J connectivity index is 1.96. The molecule has 106 valence electrons. The minimum atomic E-state index is -0.557. The second-order valence-electron chi connectivity index (χ2n) is 7.21. The molecule has 0 amide bonds. The van der Waals surface area contributed by atoms with Gasteiger partial charge < -0.3 is 10.2 Å². The summed E-state index contributed by atoms with van der Waals surface area (Å²) in [4.78, 5) is 0. The molecular formula is C17H26O2. The van der Waals surface area contributed by atoms with Crippen LogP contribution in [0.15, 0.2) is 24.3 Å². The molecule has 19 heavy (non-hydrogen) atoms. The molecule has 0 saturated heterocycles. The van der Waals surface area contributed by atoms with Gasteiger partial charge in [-0.1, -0.05) is 32.9 Å². The monoisotopic (exact) mass is 262 g/mol. The molecule has 1 aromatic rings. The van der Waals surface area contributed by atoms with Gasteiger partial charge >= 0.3 is 0 Å². The molecule has 0 unspecified atom stereocenters. The Morgan fingerprint density at radius 3 is 2.11 bits per heavy atom. The van der Waals surface area contributed by atoms with Crippen molar-refractivity contribution in [3.8, 4) is 5.75 Å². The van der Waals surface area contributed by atoms with Crippen LogP contribution in [-0.4, -0.2) is 15.8 Å². The second-order valence-corrected chi connectivity index (χ2v) is 7.21. The first-order valence-corrected chi connectivity index (χ1v) is 7.29. The highest BCUT2D eigenvalue weighted by Crippen LogP contribution is 2.42. The number of aliphatic hydroxyl groups is 1. The summed E-state index contributed by atoms with van der Waals surface area (Å²) < 4.78 is 0. The zero-order valence-electron chi connectivity index (χ0n) is 12.3. The molecule has 2 nitrogen and oxygen atoms in total. The molecule has 0 bridgehead atoms. The Bertz CT molecular complexity index is 406. The molecule has 0 heterocycles. The molecule has 0 atom stereocenters. The molecule has 1 fully saturated rings. The van der Waals surface area contributed by atoms with Gasteiger partial charge in [0.15, 0.2) is 0 Å². The molecular weight excluding hydrogens is 236 g/mol. The van der Waals surface area contributed by atoms with E-state index in [9.17, 15) is 10.2 Å². The van der Waals surface area contributed by atoms with Gasteiger partial charge in [0.05, 0.1) is 5.60 Å². The third-order valence-electron chi connectivity index (χ3n) is 4.61. The summed E-state index contributed by atoms with van der Waals surface area (Å²) in [6.45, 7) is 6.88. The highest BCUT2D eigenvalue weighted by molar-refractivity contribution is 5.27. The molecule has 2 N–H and O–H groups in total. The molecule has 1 aliphatic rings. The molecule has 0 aromatic heterocycles. The van der Waals surface area contributed by atoms with Crippen LogP contribution >= 0.6 is 0 Å². The van der Waals surface area contributed by atoms with Gasteiger partial charge in [-0.15, -0.1) is 0 Å². The highest BCUT2D eigenvalue weighted by atomic mass is 16.3. The van der Waals surface area contributed by atoms with E-state index in [1.165, 1.54) is 0 Å². The van der Waals surface area contributed by atoms with Crippen molar-refractivity contribution in [2.75, 3.05) is 0 Å². The van der Waals surface area contributed by atoms with Crippen LogP contribution in [0.3, 0.4) is 0 Å². The van der Waals surface area contributed by atoms with Gasteiger partial charge in [-0.25, -0.2) is 0 Å². The maximum Gasteiger partial charge on any atom is 0.115 e. The van der Waals surface area contributed by atoms with E-state index < -0.39 is 5.60 Å². The zero-order valence-corrected chi connectivity index (χ0v) is 12.3. The van der Waals surface area contributed by atoms with Crippen molar-refractivity contribution in [3.63, 3.8) is 0 Å². The van der Waals surface area contributed by atoms with Crippen LogP contribution in [0.25, 0.3) is 0 Å². The average molecular weight is 262 g/mol. The second kappa shape index (κ2) is 5.16. The smallest absolute Gasteiger partial charge is 0.115 e. The molecule has 0 spiro atoms. The lowest BCUT2D eigenvalue weighted by molar-refractivity contribution is -0.0245. The number of hydrogen-bond donors (Lipinski definition) is 2. The van der Waals surface area contributed by atoms with E-state index in [1.807, 2.05) is 12.1 Å². The summed E-state index contributed by atoms with van der Waals surface area (Å²) >= 11 is 0. The molecule has 1 aliphatic carbocycles. The Kier molecular flexibility index (Phi) is 3.91. The van der Waals surface area contributed by atoms with Crippen molar-refractivity contribution in [3.05, 3.63) is 29.8 Å². The van der Waals surface area contributed by atoms with Gasteiger partial charge in [0.2, 0.25) is 0 Å². The number of rotatable bonds is 2. The largest absolute Gasteiger partial charge is 0.508 e. The fourth-order valence-electron chi connectivity index (χ4n) is 3.19. The molecule has 2 rings (SSSR count). The normalized spacial score (nSPS) is 28.3.